The lowest BCUT2D eigenvalue weighted by Crippen LogP contribution is -2.21. The Morgan fingerprint density at radius 1 is 1.40 bits per heavy atom. The van der Waals surface area contributed by atoms with Crippen molar-refractivity contribution in [2.75, 3.05) is 6.61 Å². The van der Waals surface area contributed by atoms with Crippen LogP contribution in [-0.2, 0) is 5.60 Å². The molecule has 1 unspecified atom stereocenters. The fourth-order valence-electron chi connectivity index (χ4n) is 1.55. The van der Waals surface area contributed by atoms with Crippen molar-refractivity contribution in [2.24, 2.45) is 0 Å². The van der Waals surface area contributed by atoms with Crippen LogP contribution < -0.4 is 0 Å². The first kappa shape index (κ1) is 12.1. The molecule has 0 bridgehead atoms. The second-order valence-electron chi connectivity index (χ2n) is 4.06. The number of aryl methyl sites for hydroxylation is 1. The minimum Gasteiger partial charge on any atom is -0.396 e. The molecule has 0 heterocycles. The van der Waals surface area contributed by atoms with Crippen molar-refractivity contribution in [3.05, 3.63) is 35.1 Å². The number of rotatable bonds is 4. The molecule has 0 aliphatic heterocycles. The van der Waals surface area contributed by atoms with Gasteiger partial charge in [0.1, 0.15) is 5.82 Å². The Balaban J connectivity index is 2.89. The summed E-state index contributed by atoms with van der Waals surface area (Å²) in [6, 6.07) is 4.59. The van der Waals surface area contributed by atoms with E-state index in [1.807, 2.05) is 0 Å². The smallest absolute Gasteiger partial charge is 0.126 e. The van der Waals surface area contributed by atoms with Gasteiger partial charge >= 0.3 is 0 Å². The molecule has 0 fully saturated rings. The summed E-state index contributed by atoms with van der Waals surface area (Å²) in [5, 5.41) is 18.8. The van der Waals surface area contributed by atoms with Gasteiger partial charge in [-0.05, 0) is 43.9 Å². The highest BCUT2D eigenvalue weighted by atomic mass is 19.1. The molecule has 1 aromatic rings. The second kappa shape index (κ2) is 4.73. The number of hydrogen-bond donors (Lipinski definition) is 2. The SMILES string of the molecule is Cc1cc(C(C)(O)CCCO)ccc1F. The molecule has 3 heteroatoms. The quantitative estimate of drug-likeness (QED) is 0.802. The van der Waals surface area contributed by atoms with Gasteiger partial charge in [-0.25, -0.2) is 4.39 Å². The summed E-state index contributed by atoms with van der Waals surface area (Å²) in [5.41, 5.74) is 0.216. The van der Waals surface area contributed by atoms with Crippen molar-refractivity contribution in [3.8, 4) is 0 Å². The third-order valence-electron chi connectivity index (χ3n) is 2.60. The van der Waals surface area contributed by atoms with Crippen molar-refractivity contribution in [2.45, 2.75) is 32.3 Å². The number of aliphatic hydroxyl groups excluding tert-OH is 1. The van der Waals surface area contributed by atoms with E-state index in [9.17, 15) is 9.50 Å². The maximum atomic E-state index is 13.0. The Morgan fingerprint density at radius 2 is 2.07 bits per heavy atom. The predicted octanol–water partition coefficient (Wildman–Crippen LogP) is 2.11. The molecule has 2 nitrogen and oxygen atoms in total. The monoisotopic (exact) mass is 212 g/mol. The fourth-order valence-corrected chi connectivity index (χ4v) is 1.55. The van der Waals surface area contributed by atoms with Gasteiger partial charge in [-0.3, -0.25) is 0 Å². The number of halogens is 1. The molecule has 0 radical (unpaired) electrons. The summed E-state index contributed by atoms with van der Waals surface area (Å²) in [4.78, 5) is 0. The molecule has 0 saturated carbocycles. The van der Waals surface area contributed by atoms with E-state index in [-0.39, 0.29) is 12.4 Å². The third kappa shape index (κ3) is 3.01. The maximum Gasteiger partial charge on any atom is 0.126 e. The average molecular weight is 212 g/mol. The highest BCUT2D eigenvalue weighted by Gasteiger charge is 2.22. The third-order valence-corrected chi connectivity index (χ3v) is 2.60. The summed E-state index contributed by atoms with van der Waals surface area (Å²) < 4.78 is 13.0. The zero-order valence-corrected chi connectivity index (χ0v) is 9.13. The van der Waals surface area contributed by atoms with Crippen LogP contribution in [-0.4, -0.2) is 16.8 Å². The summed E-state index contributed by atoms with van der Waals surface area (Å²) in [7, 11) is 0. The first-order chi connectivity index (χ1) is 6.97. The van der Waals surface area contributed by atoms with Gasteiger partial charge in [-0.15, -0.1) is 0 Å². The van der Waals surface area contributed by atoms with Crippen molar-refractivity contribution in [1.29, 1.82) is 0 Å². The van der Waals surface area contributed by atoms with Gasteiger partial charge in [0, 0.05) is 6.61 Å². The molecular weight excluding hydrogens is 195 g/mol. The van der Waals surface area contributed by atoms with Crippen LogP contribution in [0.3, 0.4) is 0 Å². The summed E-state index contributed by atoms with van der Waals surface area (Å²) in [5.74, 6) is -0.267. The lowest BCUT2D eigenvalue weighted by Gasteiger charge is -2.24. The van der Waals surface area contributed by atoms with E-state index in [2.05, 4.69) is 0 Å². The summed E-state index contributed by atoms with van der Waals surface area (Å²) in [6.45, 7) is 3.40. The molecule has 0 aromatic heterocycles. The Labute approximate surface area is 89.4 Å². The van der Waals surface area contributed by atoms with Crippen molar-refractivity contribution in [1.82, 2.24) is 0 Å². The van der Waals surface area contributed by atoms with E-state index < -0.39 is 5.60 Å². The van der Waals surface area contributed by atoms with E-state index in [0.29, 0.717) is 24.0 Å². The number of hydrogen-bond acceptors (Lipinski definition) is 2. The zero-order chi connectivity index (χ0) is 11.5. The molecule has 1 atom stereocenters. The van der Waals surface area contributed by atoms with E-state index in [0.717, 1.165) is 0 Å². The molecule has 84 valence electrons. The fraction of sp³-hybridized carbons (Fsp3) is 0.500. The lowest BCUT2D eigenvalue weighted by molar-refractivity contribution is 0.0402. The Morgan fingerprint density at radius 3 is 2.60 bits per heavy atom. The van der Waals surface area contributed by atoms with Crippen LogP contribution in [0.5, 0.6) is 0 Å². The van der Waals surface area contributed by atoms with Crippen molar-refractivity contribution >= 4 is 0 Å². The molecule has 1 aromatic carbocycles. The Bertz CT molecular complexity index is 334. The molecule has 0 amide bonds. The summed E-state index contributed by atoms with van der Waals surface area (Å²) >= 11 is 0. The van der Waals surface area contributed by atoms with Gasteiger partial charge in [0.15, 0.2) is 0 Å². The number of benzene rings is 1. The van der Waals surface area contributed by atoms with Gasteiger partial charge in [0.25, 0.3) is 0 Å². The molecule has 2 N–H and O–H groups in total. The minimum absolute atomic E-state index is 0.0519. The average Bonchev–Trinajstić information content (AvgIpc) is 2.19. The normalized spacial score (nSPS) is 15.0. The zero-order valence-electron chi connectivity index (χ0n) is 9.13. The first-order valence-corrected chi connectivity index (χ1v) is 5.07. The van der Waals surface area contributed by atoms with Gasteiger partial charge in [-0.1, -0.05) is 12.1 Å². The van der Waals surface area contributed by atoms with Crippen LogP contribution in [0.1, 0.15) is 30.9 Å². The van der Waals surface area contributed by atoms with Gasteiger partial charge in [0.2, 0.25) is 0 Å². The van der Waals surface area contributed by atoms with Crippen LogP contribution in [0.25, 0.3) is 0 Å². The van der Waals surface area contributed by atoms with Crippen molar-refractivity contribution < 1.29 is 14.6 Å². The summed E-state index contributed by atoms with van der Waals surface area (Å²) in [6.07, 6.45) is 0.998. The molecule has 0 saturated heterocycles. The highest BCUT2D eigenvalue weighted by molar-refractivity contribution is 5.28. The number of aliphatic hydroxyl groups is 2. The maximum absolute atomic E-state index is 13.0. The van der Waals surface area contributed by atoms with Gasteiger partial charge < -0.3 is 10.2 Å². The van der Waals surface area contributed by atoms with E-state index in [4.69, 9.17) is 5.11 Å². The first-order valence-electron chi connectivity index (χ1n) is 5.07. The van der Waals surface area contributed by atoms with Gasteiger partial charge in [0.05, 0.1) is 5.60 Å². The van der Waals surface area contributed by atoms with Crippen LogP contribution in [0.4, 0.5) is 4.39 Å². The molecular formula is C12H17FO2. The molecule has 1 rings (SSSR count). The van der Waals surface area contributed by atoms with E-state index >= 15 is 0 Å². The van der Waals surface area contributed by atoms with Crippen LogP contribution >= 0.6 is 0 Å². The van der Waals surface area contributed by atoms with Gasteiger partial charge in [-0.2, -0.15) is 0 Å². The molecule has 15 heavy (non-hydrogen) atoms. The van der Waals surface area contributed by atoms with Crippen LogP contribution in [0.2, 0.25) is 0 Å². The Kier molecular flexibility index (Phi) is 3.83. The topological polar surface area (TPSA) is 40.5 Å². The Hall–Kier alpha value is -0.930. The second-order valence-corrected chi connectivity index (χ2v) is 4.06. The molecule has 0 aliphatic carbocycles. The predicted molar refractivity (Wildman–Crippen MR) is 57.0 cm³/mol. The van der Waals surface area contributed by atoms with Crippen LogP contribution in [0.15, 0.2) is 18.2 Å². The van der Waals surface area contributed by atoms with E-state index in [1.54, 1.807) is 26.0 Å². The standard InChI is InChI=1S/C12H17FO2/c1-9-8-10(4-5-11(9)13)12(2,15)6-3-7-14/h4-5,8,14-15H,3,6-7H2,1-2H3. The van der Waals surface area contributed by atoms with Crippen LogP contribution in [0, 0.1) is 12.7 Å². The molecule has 0 spiro atoms. The highest BCUT2D eigenvalue weighted by Crippen LogP contribution is 2.27. The van der Waals surface area contributed by atoms with E-state index in [1.165, 1.54) is 6.07 Å². The minimum atomic E-state index is -0.999. The molecule has 0 aliphatic rings. The lowest BCUT2D eigenvalue weighted by atomic mass is 9.90. The van der Waals surface area contributed by atoms with Crippen molar-refractivity contribution in [3.63, 3.8) is 0 Å². The largest absolute Gasteiger partial charge is 0.396 e.